The molecule has 1 N–H and O–H groups in total. The first kappa shape index (κ1) is 24.3. The highest BCUT2D eigenvalue weighted by Gasteiger charge is 2.49. The van der Waals surface area contributed by atoms with Crippen molar-refractivity contribution < 1.29 is 23.9 Å². The van der Waals surface area contributed by atoms with Crippen molar-refractivity contribution in [2.45, 2.75) is 30.1 Å². The number of anilines is 2. The summed E-state index contributed by atoms with van der Waals surface area (Å²) in [6.45, 7) is -0.189. The molecule has 1 saturated carbocycles. The highest BCUT2D eigenvalue weighted by molar-refractivity contribution is 9.09. The Morgan fingerprint density at radius 2 is 1.88 bits per heavy atom. The van der Waals surface area contributed by atoms with Crippen molar-refractivity contribution in [2.75, 3.05) is 31.0 Å². The van der Waals surface area contributed by atoms with Gasteiger partial charge in [-0.3, -0.25) is 9.59 Å². The Bertz CT molecular complexity index is 1110. The van der Waals surface area contributed by atoms with Crippen LogP contribution >= 0.6 is 27.5 Å². The SMILES string of the molecule is COc1ccc(NC(=O)CN2C(=O)N(c3cccc(Cl)c3)C(=O)C3CC(Br)CCC32)cc1OC. The smallest absolute Gasteiger partial charge is 0.332 e. The number of hydrogen-bond donors (Lipinski definition) is 1. The normalized spacial score (nSPS) is 22.3. The Morgan fingerprint density at radius 1 is 1.12 bits per heavy atom. The maximum atomic E-state index is 13.5. The van der Waals surface area contributed by atoms with Crippen molar-refractivity contribution in [2.24, 2.45) is 5.92 Å². The molecule has 1 aliphatic heterocycles. The van der Waals surface area contributed by atoms with Gasteiger partial charge >= 0.3 is 6.03 Å². The third-order valence-electron chi connectivity index (χ3n) is 6.17. The lowest BCUT2D eigenvalue weighted by Gasteiger charge is -2.47. The maximum absolute atomic E-state index is 13.5. The van der Waals surface area contributed by atoms with Crippen molar-refractivity contribution >= 4 is 56.8 Å². The van der Waals surface area contributed by atoms with E-state index in [1.165, 1.54) is 19.1 Å². The van der Waals surface area contributed by atoms with Gasteiger partial charge in [0.2, 0.25) is 11.8 Å². The van der Waals surface area contributed by atoms with Crippen LogP contribution in [0.3, 0.4) is 0 Å². The van der Waals surface area contributed by atoms with Gasteiger partial charge in [-0.15, -0.1) is 0 Å². The first-order valence-electron chi connectivity index (χ1n) is 10.9. The summed E-state index contributed by atoms with van der Waals surface area (Å²) >= 11 is 9.75. The summed E-state index contributed by atoms with van der Waals surface area (Å²) in [6, 6.07) is 10.8. The molecular weight excluding hydrogens is 526 g/mol. The molecule has 2 fully saturated rings. The molecule has 180 valence electrons. The number of nitrogens with one attached hydrogen (secondary N) is 1. The van der Waals surface area contributed by atoms with Gasteiger partial charge in [0.1, 0.15) is 6.54 Å². The van der Waals surface area contributed by atoms with Crippen LogP contribution in [0.5, 0.6) is 11.5 Å². The number of imide groups is 1. The number of amides is 4. The number of hydrogen-bond acceptors (Lipinski definition) is 5. The van der Waals surface area contributed by atoms with E-state index in [0.717, 1.165) is 11.3 Å². The lowest BCUT2D eigenvalue weighted by Crippen LogP contribution is -2.64. The minimum Gasteiger partial charge on any atom is -0.493 e. The van der Waals surface area contributed by atoms with E-state index in [0.29, 0.717) is 40.7 Å². The molecule has 1 aliphatic carbocycles. The van der Waals surface area contributed by atoms with Crippen molar-refractivity contribution in [3.05, 3.63) is 47.5 Å². The minimum absolute atomic E-state index is 0.176. The predicted octanol–water partition coefficient (Wildman–Crippen LogP) is 4.70. The van der Waals surface area contributed by atoms with Crippen LogP contribution in [0.25, 0.3) is 0 Å². The number of halogens is 2. The highest BCUT2D eigenvalue weighted by atomic mass is 79.9. The number of nitrogens with zero attached hydrogens (tertiary/aromatic N) is 2. The van der Waals surface area contributed by atoms with E-state index >= 15 is 0 Å². The first-order chi connectivity index (χ1) is 16.3. The summed E-state index contributed by atoms with van der Waals surface area (Å²) in [5, 5.41) is 3.23. The van der Waals surface area contributed by atoms with Crippen LogP contribution < -0.4 is 19.7 Å². The molecule has 0 aromatic heterocycles. The van der Waals surface area contributed by atoms with Gasteiger partial charge in [0.15, 0.2) is 11.5 Å². The fourth-order valence-corrected chi connectivity index (χ4v) is 5.43. The molecular formula is C24H25BrClN3O5. The van der Waals surface area contributed by atoms with Crippen LogP contribution in [0, 0.1) is 5.92 Å². The fraction of sp³-hybridized carbons (Fsp3) is 0.375. The van der Waals surface area contributed by atoms with E-state index in [1.807, 2.05) is 0 Å². The zero-order chi connectivity index (χ0) is 24.4. The van der Waals surface area contributed by atoms with Crippen LogP contribution in [0.15, 0.2) is 42.5 Å². The topological polar surface area (TPSA) is 88.2 Å². The third kappa shape index (κ3) is 4.86. The van der Waals surface area contributed by atoms with Crippen LogP contribution in [0.2, 0.25) is 5.02 Å². The number of fused-ring (bicyclic) bond motifs is 1. The second-order valence-electron chi connectivity index (χ2n) is 8.27. The number of rotatable bonds is 6. The maximum Gasteiger partial charge on any atom is 0.332 e. The van der Waals surface area contributed by atoms with Gasteiger partial charge < -0.3 is 19.7 Å². The largest absolute Gasteiger partial charge is 0.493 e. The molecule has 3 unspecified atom stereocenters. The monoisotopic (exact) mass is 549 g/mol. The zero-order valence-electron chi connectivity index (χ0n) is 18.8. The molecule has 2 aromatic rings. The molecule has 8 nitrogen and oxygen atoms in total. The Kier molecular flexibility index (Phi) is 7.33. The summed E-state index contributed by atoms with van der Waals surface area (Å²) in [4.78, 5) is 42.7. The molecule has 3 atom stereocenters. The van der Waals surface area contributed by atoms with Gasteiger partial charge in [-0.1, -0.05) is 33.6 Å². The molecule has 0 bridgehead atoms. The van der Waals surface area contributed by atoms with Crippen molar-refractivity contribution in [3.63, 3.8) is 0 Å². The molecule has 0 radical (unpaired) electrons. The van der Waals surface area contributed by atoms with Crippen LogP contribution in [0.1, 0.15) is 19.3 Å². The summed E-state index contributed by atoms with van der Waals surface area (Å²) in [7, 11) is 3.04. The average Bonchev–Trinajstić information content (AvgIpc) is 2.82. The van der Waals surface area contributed by atoms with E-state index in [4.69, 9.17) is 21.1 Å². The predicted molar refractivity (Wildman–Crippen MR) is 133 cm³/mol. The van der Waals surface area contributed by atoms with Crippen molar-refractivity contribution in [1.82, 2.24) is 4.90 Å². The molecule has 10 heteroatoms. The number of carbonyl (C=O) groups is 3. The number of alkyl halides is 1. The molecule has 34 heavy (non-hydrogen) atoms. The number of urea groups is 1. The summed E-state index contributed by atoms with van der Waals surface area (Å²) in [6.07, 6.45) is 2.03. The highest BCUT2D eigenvalue weighted by Crippen LogP contribution is 2.39. The summed E-state index contributed by atoms with van der Waals surface area (Å²) < 4.78 is 10.5. The zero-order valence-corrected chi connectivity index (χ0v) is 21.1. The Hall–Kier alpha value is -2.78. The van der Waals surface area contributed by atoms with E-state index in [2.05, 4.69) is 21.2 Å². The Morgan fingerprint density at radius 3 is 2.59 bits per heavy atom. The molecule has 0 spiro atoms. The Labute approximate surface area is 211 Å². The van der Waals surface area contributed by atoms with Gasteiger partial charge in [-0.05, 0) is 49.6 Å². The van der Waals surface area contributed by atoms with Crippen LogP contribution in [-0.4, -0.2) is 54.4 Å². The quantitative estimate of drug-likeness (QED) is 0.527. The molecule has 2 aliphatic rings. The molecule has 1 heterocycles. The summed E-state index contributed by atoms with van der Waals surface area (Å²) in [5.41, 5.74) is 0.901. The standard InChI is InChI=1S/C24H25BrClN3O5/c1-33-20-9-7-16(12-21(20)34-2)27-22(30)13-28-19-8-6-14(25)10-18(19)23(31)29(24(28)32)17-5-3-4-15(26)11-17/h3-5,7,9,11-12,14,18-19H,6,8,10,13H2,1-2H3,(H,27,30). The van der Waals surface area contributed by atoms with E-state index in [9.17, 15) is 14.4 Å². The Balaban J connectivity index is 1.59. The first-order valence-corrected chi connectivity index (χ1v) is 12.2. The average molecular weight is 551 g/mol. The lowest BCUT2D eigenvalue weighted by molar-refractivity contribution is -0.128. The number of ether oxygens (including phenoxy) is 2. The van der Waals surface area contributed by atoms with Gasteiger partial charge in [0.25, 0.3) is 0 Å². The van der Waals surface area contributed by atoms with Crippen molar-refractivity contribution in [1.29, 1.82) is 0 Å². The van der Waals surface area contributed by atoms with E-state index in [-0.39, 0.29) is 29.2 Å². The lowest BCUT2D eigenvalue weighted by atomic mass is 9.81. The second-order valence-corrected chi connectivity index (χ2v) is 10.00. The number of benzene rings is 2. The van der Waals surface area contributed by atoms with E-state index < -0.39 is 11.9 Å². The van der Waals surface area contributed by atoms with Gasteiger partial charge in [-0.25, -0.2) is 9.69 Å². The molecule has 2 aromatic carbocycles. The number of carbonyl (C=O) groups excluding carboxylic acids is 3. The van der Waals surface area contributed by atoms with Gasteiger partial charge in [0.05, 0.1) is 25.8 Å². The van der Waals surface area contributed by atoms with Crippen molar-refractivity contribution in [3.8, 4) is 11.5 Å². The van der Waals surface area contributed by atoms with Crippen LogP contribution in [0.4, 0.5) is 16.2 Å². The second kappa shape index (κ2) is 10.2. The van der Waals surface area contributed by atoms with E-state index in [1.54, 1.807) is 42.5 Å². The van der Waals surface area contributed by atoms with Crippen LogP contribution in [-0.2, 0) is 9.59 Å². The molecule has 4 rings (SSSR count). The minimum atomic E-state index is -0.524. The molecule has 1 saturated heterocycles. The summed E-state index contributed by atoms with van der Waals surface area (Å²) in [5.74, 6) is -0.0399. The fourth-order valence-electron chi connectivity index (χ4n) is 4.58. The third-order valence-corrected chi connectivity index (χ3v) is 7.24. The van der Waals surface area contributed by atoms with Gasteiger partial charge in [0, 0.05) is 27.6 Å². The van der Waals surface area contributed by atoms with Gasteiger partial charge in [-0.2, -0.15) is 0 Å². The molecule has 4 amide bonds. The number of methoxy groups -OCH3 is 2.